The standard InChI is InChI=1S/C13H14F3NO3S/c14-13(15,16)12(18)17-8-6-11(7-9-17)21(19,20)10-4-2-1-3-5-10/h1-5,11H,6-9H2. The molecule has 1 aromatic carbocycles. The van der Waals surface area contributed by atoms with Gasteiger partial charge in [0.1, 0.15) is 0 Å². The summed E-state index contributed by atoms with van der Waals surface area (Å²) in [4.78, 5) is 11.9. The van der Waals surface area contributed by atoms with Gasteiger partial charge < -0.3 is 4.90 Å². The molecule has 0 N–H and O–H groups in total. The maximum atomic E-state index is 12.3. The molecule has 0 spiro atoms. The van der Waals surface area contributed by atoms with Gasteiger partial charge in [0, 0.05) is 13.1 Å². The number of hydrogen-bond acceptors (Lipinski definition) is 3. The van der Waals surface area contributed by atoms with Crippen LogP contribution in [0, 0.1) is 0 Å². The van der Waals surface area contributed by atoms with E-state index in [-0.39, 0.29) is 30.8 Å². The molecule has 21 heavy (non-hydrogen) atoms. The van der Waals surface area contributed by atoms with Crippen molar-refractivity contribution in [3.8, 4) is 0 Å². The zero-order valence-corrected chi connectivity index (χ0v) is 11.8. The van der Waals surface area contributed by atoms with Crippen molar-refractivity contribution in [2.24, 2.45) is 0 Å². The minimum atomic E-state index is -4.91. The fraction of sp³-hybridized carbons (Fsp3) is 0.462. The van der Waals surface area contributed by atoms with E-state index in [0.717, 1.165) is 0 Å². The van der Waals surface area contributed by atoms with Crippen molar-refractivity contribution in [3.05, 3.63) is 30.3 Å². The third-order valence-electron chi connectivity index (χ3n) is 3.48. The smallest absolute Gasteiger partial charge is 0.335 e. The molecule has 0 saturated carbocycles. The summed E-state index contributed by atoms with van der Waals surface area (Å²) in [5, 5.41) is -0.753. The van der Waals surface area contributed by atoms with Gasteiger partial charge in [0.05, 0.1) is 10.1 Å². The van der Waals surface area contributed by atoms with Crippen molar-refractivity contribution in [1.29, 1.82) is 0 Å². The highest BCUT2D eigenvalue weighted by Gasteiger charge is 2.44. The van der Waals surface area contributed by atoms with Crippen LogP contribution in [0.4, 0.5) is 13.2 Å². The number of alkyl halides is 3. The Balaban J connectivity index is 2.07. The van der Waals surface area contributed by atoms with Gasteiger partial charge in [-0.3, -0.25) is 4.79 Å². The molecule has 0 bridgehead atoms. The number of piperidine rings is 1. The lowest BCUT2D eigenvalue weighted by atomic mass is 10.1. The number of sulfone groups is 1. The first kappa shape index (κ1) is 15.8. The van der Waals surface area contributed by atoms with Crippen LogP contribution in [0.1, 0.15) is 12.8 Å². The number of rotatable bonds is 2. The molecule has 0 aromatic heterocycles. The molecule has 116 valence electrons. The summed E-state index contributed by atoms with van der Waals surface area (Å²) in [6.45, 7) is -0.399. The average Bonchev–Trinajstić information content (AvgIpc) is 2.46. The normalized spacial score (nSPS) is 17.8. The minimum Gasteiger partial charge on any atom is -0.335 e. The minimum absolute atomic E-state index is 0.0129. The zero-order chi connectivity index (χ0) is 15.7. The molecule has 1 aromatic rings. The van der Waals surface area contributed by atoms with Gasteiger partial charge >= 0.3 is 12.1 Å². The Bertz CT molecular complexity index is 605. The van der Waals surface area contributed by atoms with Crippen LogP contribution in [0.2, 0.25) is 0 Å². The lowest BCUT2D eigenvalue weighted by Crippen LogP contribution is -2.47. The predicted octanol–water partition coefficient (Wildman–Crippen LogP) is 2.01. The van der Waals surface area contributed by atoms with E-state index >= 15 is 0 Å². The molecule has 1 amide bonds. The highest BCUT2D eigenvalue weighted by atomic mass is 32.2. The fourth-order valence-corrected chi connectivity index (χ4v) is 4.10. The van der Waals surface area contributed by atoms with E-state index in [0.29, 0.717) is 4.90 Å². The highest BCUT2D eigenvalue weighted by molar-refractivity contribution is 7.92. The van der Waals surface area contributed by atoms with E-state index in [1.807, 2.05) is 0 Å². The molecular weight excluding hydrogens is 307 g/mol. The van der Waals surface area contributed by atoms with Crippen molar-refractivity contribution in [2.45, 2.75) is 29.2 Å². The molecular formula is C13H14F3NO3S. The van der Waals surface area contributed by atoms with Crippen LogP contribution in [0.5, 0.6) is 0 Å². The Morgan fingerprint density at radius 3 is 2.10 bits per heavy atom. The van der Waals surface area contributed by atoms with E-state index < -0.39 is 27.2 Å². The molecule has 0 aliphatic carbocycles. The molecule has 1 heterocycles. The van der Waals surface area contributed by atoms with Crippen LogP contribution in [0.25, 0.3) is 0 Å². The van der Waals surface area contributed by atoms with Gasteiger partial charge in [-0.1, -0.05) is 18.2 Å². The van der Waals surface area contributed by atoms with Crippen LogP contribution >= 0.6 is 0 Å². The highest BCUT2D eigenvalue weighted by Crippen LogP contribution is 2.27. The van der Waals surface area contributed by atoms with Crippen molar-refractivity contribution < 1.29 is 26.4 Å². The first-order chi connectivity index (χ1) is 9.73. The molecule has 1 aliphatic heterocycles. The van der Waals surface area contributed by atoms with Crippen LogP contribution in [0.3, 0.4) is 0 Å². The molecule has 2 rings (SSSR count). The van der Waals surface area contributed by atoms with Gasteiger partial charge in [-0.15, -0.1) is 0 Å². The molecule has 4 nitrogen and oxygen atoms in total. The molecule has 1 aliphatic rings. The third kappa shape index (κ3) is 3.37. The van der Waals surface area contributed by atoms with Gasteiger partial charge in [0.25, 0.3) is 0 Å². The summed E-state index contributed by atoms with van der Waals surface area (Å²) in [6, 6.07) is 7.79. The number of halogens is 3. The summed E-state index contributed by atoms with van der Waals surface area (Å²) in [7, 11) is -3.57. The third-order valence-corrected chi connectivity index (χ3v) is 5.76. The van der Waals surface area contributed by atoms with Crippen molar-refractivity contribution >= 4 is 15.7 Å². The SMILES string of the molecule is O=C(N1CCC(S(=O)(=O)c2ccccc2)CC1)C(F)(F)F. The number of likely N-dealkylation sites (tertiary alicyclic amines) is 1. The number of hydrogen-bond donors (Lipinski definition) is 0. The largest absolute Gasteiger partial charge is 0.471 e. The van der Waals surface area contributed by atoms with Crippen LogP contribution in [-0.4, -0.2) is 43.7 Å². The van der Waals surface area contributed by atoms with E-state index in [9.17, 15) is 26.4 Å². The Kier molecular flexibility index (Phi) is 4.27. The average molecular weight is 321 g/mol. The lowest BCUT2D eigenvalue weighted by Gasteiger charge is -2.32. The number of carbonyl (C=O) groups is 1. The Labute approximate surface area is 120 Å². The molecule has 0 atom stereocenters. The number of benzene rings is 1. The monoisotopic (exact) mass is 321 g/mol. The van der Waals surface area contributed by atoms with Crippen LogP contribution in [0.15, 0.2) is 35.2 Å². The number of amides is 1. The van der Waals surface area contributed by atoms with Gasteiger partial charge in [0.2, 0.25) is 0 Å². The second-order valence-corrected chi connectivity index (χ2v) is 7.08. The molecule has 8 heteroatoms. The second kappa shape index (κ2) is 5.67. The lowest BCUT2D eigenvalue weighted by molar-refractivity contribution is -0.186. The van der Waals surface area contributed by atoms with Gasteiger partial charge in [-0.05, 0) is 25.0 Å². The number of carbonyl (C=O) groups excluding carboxylic acids is 1. The van der Waals surface area contributed by atoms with Crippen LogP contribution < -0.4 is 0 Å². The first-order valence-corrected chi connectivity index (χ1v) is 7.92. The van der Waals surface area contributed by atoms with Gasteiger partial charge in [-0.2, -0.15) is 13.2 Å². The summed E-state index contributed by atoms with van der Waals surface area (Å²) in [5.74, 6) is -1.90. The molecule has 0 unspecified atom stereocenters. The van der Waals surface area contributed by atoms with Crippen molar-refractivity contribution in [3.63, 3.8) is 0 Å². The van der Waals surface area contributed by atoms with Gasteiger partial charge in [-0.25, -0.2) is 8.42 Å². The number of nitrogens with zero attached hydrogens (tertiary/aromatic N) is 1. The zero-order valence-electron chi connectivity index (χ0n) is 11.0. The molecule has 1 fully saturated rings. The van der Waals surface area contributed by atoms with Crippen molar-refractivity contribution in [2.75, 3.05) is 13.1 Å². The fourth-order valence-electron chi connectivity index (χ4n) is 2.35. The van der Waals surface area contributed by atoms with Crippen LogP contribution in [-0.2, 0) is 14.6 Å². The van der Waals surface area contributed by atoms with Gasteiger partial charge in [0.15, 0.2) is 9.84 Å². The van der Waals surface area contributed by atoms with E-state index in [4.69, 9.17) is 0 Å². The summed E-state index contributed by atoms with van der Waals surface area (Å²) in [6.07, 6.45) is -4.89. The summed E-state index contributed by atoms with van der Waals surface area (Å²) in [5.41, 5.74) is 0. The van der Waals surface area contributed by atoms with Crippen molar-refractivity contribution in [1.82, 2.24) is 4.90 Å². The topological polar surface area (TPSA) is 54.5 Å². The Morgan fingerprint density at radius 2 is 1.62 bits per heavy atom. The van der Waals surface area contributed by atoms with E-state index in [1.54, 1.807) is 18.2 Å². The molecule has 0 radical (unpaired) electrons. The first-order valence-electron chi connectivity index (χ1n) is 6.38. The quantitative estimate of drug-likeness (QED) is 0.837. The molecule has 1 saturated heterocycles. The Morgan fingerprint density at radius 1 is 1.10 bits per heavy atom. The summed E-state index contributed by atoms with van der Waals surface area (Å²) < 4.78 is 61.6. The Hall–Kier alpha value is -1.57. The van der Waals surface area contributed by atoms with E-state index in [1.165, 1.54) is 12.1 Å². The second-order valence-electron chi connectivity index (χ2n) is 4.85. The maximum Gasteiger partial charge on any atom is 0.471 e. The van der Waals surface area contributed by atoms with E-state index in [2.05, 4.69) is 0 Å². The summed E-state index contributed by atoms with van der Waals surface area (Å²) >= 11 is 0. The maximum absolute atomic E-state index is 12.3. The predicted molar refractivity (Wildman–Crippen MR) is 69.3 cm³/mol.